The first-order chi connectivity index (χ1) is 11.2. The number of hydrogen-bond acceptors (Lipinski definition) is 4. The molecule has 1 aromatic rings. The Morgan fingerprint density at radius 1 is 1.48 bits per heavy atom. The molecule has 0 bridgehead atoms. The van der Waals surface area contributed by atoms with Gasteiger partial charge >= 0.3 is 5.69 Å². The third-order valence-corrected chi connectivity index (χ3v) is 3.89. The van der Waals surface area contributed by atoms with Gasteiger partial charge in [0, 0.05) is 46.3 Å². The van der Waals surface area contributed by atoms with Gasteiger partial charge in [-0.05, 0) is 26.2 Å². The van der Waals surface area contributed by atoms with Crippen molar-refractivity contribution in [1.82, 2.24) is 25.0 Å². The zero-order valence-corrected chi connectivity index (χ0v) is 14.3. The summed E-state index contributed by atoms with van der Waals surface area (Å²) < 4.78 is 8.49. The predicted molar refractivity (Wildman–Crippen MR) is 89.9 cm³/mol. The number of methoxy groups -OCH3 is 1. The lowest BCUT2D eigenvalue weighted by Gasteiger charge is -2.17. The number of aromatic nitrogens is 3. The van der Waals surface area contributed by atoms with Gasteiger partial charge in [0.2, 0.25) is 0 Å². The molecule has 0 radical (unpaired) electrons. The molecular weight excluding hydrogens is 296 g/mol. The lowest BCUT2D eigenvalue weighted by atomic mass is 10.2. The first-order valence-corrected chi connectivity index (χ1v) is 8.28. The zero-order chi connectivity index (χ0) is 16.7. The summed E-state index contributed by atoms with van der Waals surface area (Å²) >= 11 is 0. The van der Waals surface area contributed by atoms with Crippen LogP contribution in [0.1, 0.15) is 32.0 Å². The van der Waals surface area contributed by atoms with Gasteiger partial charge in [-0.25, -0.2) is 9.48 Å². The molecule has 1 aliphatic heterocycles. The minimum atomic E-state index is 0.0240. The molecule has 0 fully saturated rings. The Morgan fingerprint density at radius 2 is 2.30 bits per heavy atom. The zero-order valence-electron chi connectivity index (χ0n) is 14.3. The molecule has 8 nitrogen and oxygen atoms in total. The standard InChI is InChI=1S/C15H28N6O2/c1-12(11-23-3)18-14(16-2)17-8-6-10-21-15(22)20-9-5-4-7-13(20)19-21/h12H,4-11H2,1-3H3,(H2,16,17,18). The second kappa shape index (κ2) is 8.71. The van der Waals surface area contributed by atoms with E-state index < -0.39 is 0 Å². The van der Waals surface area contributed by atoms with E-state index in [0.29, 0.717) is 13.2 Å². The van der Waals surface area contributed by atoms with Gasteiger partial charge in [0.1, 0.15) is 5.82 Å². The van der Waals surface area contributed by atoms with Crippen LogP contribution in [0.25, 0.3) is 0 Å². The number of nitrogens with zero attached hydrogens (tertiary/aromatic N) is 4. The van der Waals surface area contributed by atoms with Crippen molar-refractivity contribution in [1.29, 1.82) is 0 Å². The van der Waals surface area contributed by atoms with Crippen LogP contribution in [-0.2, 0) is 24.2 Å². The highest BCUT2D eigenvalue weighted by Crippen LogP contribution is 2.09. The summed E-state index contributed by atoms with van der Waals surface area (Å²) in [5, 5.41) is 10.9. The molecule has 1 aromatic heterocycles. The fourth-order valence-electron chi connectivity index (χ4n) is 2.75. The molecule has 130 valence electrons. The number of fused-ring (bicyclic) bond motifs is 1. The van der Waals surface area contributed by atoms with Crippen LogP contribution in [0.3, 0.4) is 0 Å². The minimum absolute atomic E-state index is 0.0240. The normalized spacial score (nSPS) is 16.0. The van der Waals surface area contributed by atoms with E-state index in [1.807, 2.05) is 11.5 Å². The molecule has 0 spiro atoms. The molecule has 8 heteroatoms. The summed E-state index contributed by atoms with van der Waals surface area (Å²) in [6, 6.07) is 0.189. The Hall–Kier alpha value is -1.83. The third kappa shape index (κ3) is 4.82. The van der Waals surface area contributed by atoms with E-state index in [-0.39, 0.29) is 11.7 Å². The Balaban J connectivity index is 1.77. The van der Waals surface area contributed by atoms with Crippen LogP contribution in [0.15, 0.2) is 9.79 Å². The SMILES string of the molecule is CN=C(NCCCn1nc2n(c1=O)CCCC2)NC(C)COC. The molecular formula is C15H28N6O2. The molecule has 0 saturated carbocycles. The number of nitrogens with one attached hydrogen (secondary N) is 2. The first-order valence-electron chi connectivity index (χ1n) is 8.28. The van der Waals surface area contributed by atoms with Crippen LogP contribution in [-0.4, -0.2) is 53.7 Å². The fraction of sp³-hybridized carbons (Fsp3) is 0.800. The van der Waals surface area contributed by atoms with Gasteiger partial charge in [0.25, 0.3) is 0 Å². The van der Waals surface area contributed by atoms with E-state index in [1.165, 1.54) is 0 Å². The third-order valence-electron chi connectivity index (χ3n) is 3.89. The molecule has 0 aromatic carbocycles. The Labute approximate surface area is 136 Å². The van der Waals surface area contributed by atoms with Crippen LogP contribution in [0.4, 0.5) is 0 Å². The number of hydrogen-bond donors (Lipinski definition) is 2. The predicted octanol–water partition coefficient (Wildman–Crippen LogP) is -0.0289. The van der Waals surface area contributed by atoms with E-state index in [9.17, 15) is 4.79 Å². The van der Waals surface area contributed by atoms with Crippen LogP contribution in [0.5, 0.6) is 0 Å². The van der Waals surface area contributed by atoms with Crippen molar-refractivity contribution in [3.63, 3.8) is 0 Å². The second-order valence-corrected chi connectivity index (χ2v) is 5.88. The van der Waals surface area contributed by atoms with Crippen LogP contribution >= 0.6 is 0 Å². The van der Waals surface area contributed by atoms with Gasteiger partial charge in [-0.1, -0.05) is 0 Å². The highest BCUT2D eigenvalue weighted by molar-refractivity contribution is 5.79. The Morgan fingerprint density at radius 3 is 3.00 bits per heavy atom. The van der Waals surface area contributed by atoms with Gasteiger partial charge < -0.3 is 15.4 Å². The number of aryl methyl sites for hydroxylation is 2. The van der Waals surface area contributed by atoms with Crippen LogP contribution in [0, 0.1) is 0 Å². The summed E-state index contributed by atoms with van der Waals surface area (Å²) in [7, 11) is 3.42. The van der Waals surface area contributed by atoms with Crippen LogP contribution in [0.2, 0.25) is 0 Å². The maximum Gasteiger partial charge on any atom is 0.345 e. The van der Waals surface area contributed by atoms with Crippen LogP contribution < -0.4 is 16.3 Å². The fourth-order valence-corrected chi connectivity index (χ4v) is 2.75. The second-order valence-electron chi connectivity index (χ2n) is 5.88. The molecule has 2 N–H and O–H groups in total. The van der Waals surface area contributed by atoms with E-state index in [1.54, 1.807) is 18.8 Å². The first kappa shape index (κ1) is 17.5. The van der Waals surface area contributed by atoms with Gasteiger partial charge in [-0.2, -0.15) is 5.10 Å². The van der Waals surface area contributed by atoms with Crippen molar-refractivity contribution in [3.05, 3.63) is 16.3 Å². The van der Waals surface area contributed by atoms with E-state index in [4.69, 9.17) is 4.74 Å². The van der Waals surface area contributed by atoms with Crippen molar-refractivity contribution in [2.75, 3.05) is 27.3 Å². The Kier molecular flexibility index (Phi) is 6.64. The molecule has 0 amide bonds. The number of guanidine groups is 1. The molecule has 2 rings (SSSR count). The average molecular weight is 324 g/mol. The quantitative estimate of drug-likeness (QED) is 0.418. The monoisotopic (exact) mass is 324 g/mol. The van der Waals surface area contributed by atoms with Gasteiger partial charge in [-0.3, -0.25) is 9.56 Å². The lowest BCUT2D eigenvalue weighted by molar-refractivity contribution is 0.179. The summed E-state index contributed by atoms with van der Waals surface area (Å²) in [6.07, 6.45) is 3.92. The summed E-state index contributed by atoms with van der Waals surface area (Å²) in [5.41, 5.74) is 0.0240. The van der Waals surface area contributed by atoms with Gasteiger partial charge in [-0.15, -0.1) is 0 Å². The highest BCUT2D eigenvalue weighted by Gasteiger charge is 2.16. The summed E-state index contributed by atoms with van der Waals surface area (Å²) in [6.45, 7) is 4.81. The highest BCUT2D eigenvalue weighted by atomic mass is 16.5. The summed E-state index contributed by atoms with van der Waals surface area (Å²) in [4.78, 5) is 16.4. The number of ether oxygens (including phenoxy) is 1. The van der Waals surface area contributed by atoms with Gasteiger partial charge in [0.15, 0.2) is 5.96 Å². The molecule has 2 heterocycles. The van der Waals surface area contributed by atoms with Gasteiger partial charge in [0.05, 0.1) is 6.61 Å². The topological polar surface area (TPSA) is 85.5 Å². The molecule has 23 heavy (non-hydrogen) atoms. The van der Waals surface area contributed by atoms with Crippen molar-refractivity contribution < 1.29 is 4.74 Å². The molecule has 1 aliphatic rings. The maximum absolute atomic E-state index is 12.2. The number of rotatable bonds is 7. The smallest absolute Gasteiger partial charge is 0.345 e. The minimum Gasteiger partial charge on any atom is -0.383 e. The van der Waals surface area contributed by atoms with Crippen molar-refractivity contribution in [3.8, 4) is 0 Å². The molecule has 0 saturated heterocycles. The van der Waals surface area contributed by atoms with E-state index >= 15 is 0 Å². The average Bonchev–Trinajstić information content (AvgIpc) is 2.87. The number of aliphatic imine (C=N–C) groups is 1. The van der Waals surface area contributed by atoms with Crippen molar-refractivity contribution in [2.24, 2.45) is 4.99 Å². The molecule has 1 atom stereocenters. The van der Waals surface area contributed by atoms with E-state index in [2.05, 4.69) is 20.7 Å². The molecule has 1 unspecified atom stereocenters. The summed E-state index contributed by atoms with van der Waals surface area (Å²) in [5.74, 6) is 1.67. The van der Waals surface area contributed by atoms with Crippen molar-refractivity contribution in [2.45, 2.75) is 51.7 Å². The van der Waals surface area contributed by atoms with E-state index in [0.717, 1.165) is 50.6 Å². The lowest BCUT2D eigenvalue weighted by Crippen LogP contribution is -2.44. The largest absolute Gasteiger partial charge is 0.383 e. The molecule has 0 aliphatic carbocycles. The van der Waals surface area contributed by atoms with Crippen molar-refractivity contribution >= 4 is 5.96 Å². The Bertz CT molecular complexity index is 577. The maximum atomic E-state index is 12.2.